The van der Waals surface area contributed by atoms with Crippen molar-refractivity contribution in [3.05, 3.63) is 11.6 Å². The van der Waals surface area contributed by atoms with Gasteiger partial charge < -0.3 is 20.4 Å². The molecule has 0 saturated heterocycles. The average molecular weight is 435 g/mol. The first-order valence-corrected chi connectivity index (χ1v) is 12.0. The lowest BCUT2D eigenvalue weighted by molar-refractivity contribution is -0.281. The van der Waals surface area contributed by atoms with E-state index in [9.17, 15) is 30.0 Å². The van der Waals surface area contributed by atoms with E-state index >= 15 is 0 Å². The zero-order valence-corrected chi connectivity index (χ0v) is 19.1. The molecule has 0 aromatic heterocycles. The summed E-state index contributed by atoms with van der Waals surface area (Å²) >= 11 is 0. The zero-order valence-electron chi connectivity index (χ0n) is 19.1. The summed E-state index contributed by atoms with van der Waals surface area (Å²) in [6.07, 6.45) is 5.81. The number of hydrogen-bond donors (Lipinski definition) is 4. The van der Waals surface area contributed by atoms with Crippen LogP contribution in [0.3, 0.4) is 0 Å². The van der Waals surface area contributed by atoms with Gasteiger partial charge in [-0.3, -0.25) is 9.59 Å². The van der Waals surface area contributed by atoms with Crippen LogP contribution in [-0.2, 0) is 9.59 Å². The maximum Gasteiger partial charge on any atom is 0.175 e. The summed E-state index contributed by atoms with van der Waals surface area (Å²) in [4.78, 5) is 25.3. The number of carbonyl (C=O) groups is 2. The molecule has 0 radical (unpaired) electrons. The molecule has 6 heteroatoms. The molecule has 4 N–H and O–H groups in total. The first kappa shape index (κ1) is 23.1. The van der Waals surface area contributed by atoms with Gasteiger partial charge in [-0.05, 0) is 73.2 Å². The molecule has 3 saturated carbocycles. The highest BCUT2D eigenvalue weighted by atomic mass is 16.5. The molecule has 0 bridgehead atoms. The number of carbonyl (C=O) groups excluding carboxylic acids is 2. The standard InChI is InChI=1S/C25H38O6/c1-4-9-25(30,31)24(20(29)14-26)11-8-18-17-6-5-15-12-16(27)7-10-22(15,2)21(17)19(28)13-23(18,24)3/h12,17-19,21,26,28,30-31H,4-11,13-14H2,1-3H3/t17-,18-,19?,21+,22-,23-,24-/m0/s1. The Morgan fingerprint density at radius 1 is 1.19 bits per heavy atom. The van der Waals surface area contributed by atoms with Crippen molar-refractivity contribution in [2.75, 3.05) is 6.61 Å². The molecule has 0 amide bonds. The zero-order chi connectivity index (χ0) is 22.8. The van der Waals surface area contributed by atoms with Crippen molar-refractivity contribution in [1.82, 2.24) is 0 Å². The first-order chi connectivity index (χ1) is 14.5. The van der Waals surface area contributed by atoms with Crippen molar-refractivity contribution in [3.8, 4) is 0 Å². The summed E-state index contributed by atoms with van der Waals surface area (Å²) in [6, 6.07) is 0. The number of allylic oxidation sites excluding steroid dienone is 1. The molecule has 7 atom stereocenters. The maximum absolute atomic E-state index is 13.2. The van der Waals surface area contributed by atoms with Gasteiger partial charge in [0.2, 0.25) is 0 Å². The summed E-state index contributed by atoms with van der Waals surface area (Å²) in [5.74, 6) is -2.38. The third-order valence-corrected chi connectivity index (χ3v) is 9.99. The number of aliphatic hydroxyl groups excluding tert-OH is 2. The Bertz CT molecular complexity index is 802. The van der Waals surface area contributed by atoms with Crippen LogP contribution >= 0.6 is 0 Å². The van der Waals surface area contributed by atoms with Crippen LogP contribution in [0.4, 0.5) is 0 Å². The Balaban J connectivity index is 1.79. The Labute approximate surface area is 184 Å². The van der Waals surface area contributed by atoms with Crippen molar-refractivity contribution in [3.63, 3.8) is 0 Å². The van der Waals surface area contributed by atoms with E-state index in [1.807, 2.05) is 13.8 Å². The van der Waals surface area contributed by atoms with E-state index < -0.39 is 35.1 Å². The van der Waals surface area contributed by atoms with Gasteiger partial charge in [-0.1, -0.05) is 32.8 Å². The second-order valence-corrected chi connectivity index (χ2v) is 11.2. The normalized spacial score (nSPS) is 44.9. The predicted octanol–water partition coefficient (Wildman–Crippen LogP) is 2.52. The lowest BCUT2D eigenvalue weighted by Crippen LogP contribution is -2.65. The highest BCUT2D eigenvalue weighted by molar-refractivity contribution is 5.91. The van der Waals surface area contributed by atoms with E-state index in [4.69, 9.17) is 0 Å². The molecule has 0 spiro atoms. The molecule has 31 heavy (non-hydrogen) atoms. The summed E-state index contributed by atoms with van der Waals surface area (Å²) < 4.78 is 0. The molecule has 4 rings (SSSR count). The minimum Gasteiger partial charge on any atom is -0.393 e. The van der Waals surface area contributed by atoms with Gasteiger partial charge in [0, 0.05) is 12.8 Å². The number of hydrogen-bond acceptors (Lipinski definition) is 6. The molecule has 0 aromatic rings. The van der Waals surface area contributed by atoms with Crippen LogP contribution in [0, 0.1) is 34.0 Å². The van der Waals surface area contributed by atoms with Crippen LogP contribution in [0.2, 0.25) is 0 Å². The molecule has 0 aliphatic heterocycles. The van der Waals surface area contributed by atoms with Crippen molar-refractivity contribution in [2.45, 2.75) is 90.4 Å². The van der Waals surface area contributed by atoms with Crippen LogP contribution in [0.15, 0.2) is 11.6 Å². The third kappa shape index (κ3) is 2.91. The van der Waals surface area contributed by atoms with Crippen LogP contribution in [0.25, 0.3) is 0 Å². The molecule has 4 aliphatic rings. The highest BCUT2D eigenvalue weighted by Crippen LogP contribution is 2.72. The molecule has 6 nitrogen and oxygen atoms in total. The lowest BCUT2D eigenvalue weighted by atomic mass is 9.43. The van der Waals surface area contributed by atoms with Gasteiger partial charge in [0.05, 0.1) is 11.5 Å². The summed E-state index contributed by atoms with van der Waals surface area (Å²) in [6.45, 7) is 5.23. The van der Waals surface area contributed by atoms with Crippen molar-refractivity contribution >= 4 is 11.6 Å². The molecular formula is C25H38O6. The number of aliphatic hydroxyl groups is 4. The molecule has 4 aliphatic carbocycles. The topological polar surface area (TPSA) is 115 Å². The lowest BCUT2D eigenvalue weighted by Gasteiger charge is -2.62. The van der Waals surface area contributed by atoms with Gasteiger partial charge in [-0.25, -0.2) is 0 Å². The van der Waals surface area contributed by atoms with Crippen LogP contribution in [0.5, 0.6) is 0 Å². The van der Waals surface area contributed by atoms with Crippen molar-refractivity contribution < 1.29 is 30.0 Å². The first-order valence-electron chi connectivity index (χ1n) is 12.0. The second kappa shape index (κ2) is 7.47. The van der Waals surface area contributed by atoms with Gasteiger partial charge in [-0.15, -0.1) is 0 Å². The number of fused-ring (bicyclic) bond motifs is 5. The molecule has 174 valence electrons. The smallest absolute Gasteiger partial charge is 0.175 e. The molecule has 1 unspecified atom stereocenters. The van der Waals surface area contributed by atoms with E-state index in [2.05, 4.69) is 6.92 Å². The SMILES string of the molecule is CCCC(O)(O)[C@]1(C(=O)CO)CC[C@H]2[C@@H]3CCC4=CC(=O)CC[C@]4(C)[C@H]3C(O)C[C@@]21C. The van der Waals surface area contributed by atoms with E-state index in [1.54, 1.807) is 6.08 Å². The monoisotopic (exact) mass is 434 g/mol. The van der Waals surface area contributed by atoms with Gasteiger partial charge in [0.1, 0.15) is 6.61 Å². The minimum absolute atomic E-state index is 0.00309. The number of rotatable bonds is 5. The molecule has 0 heterocycles. The third-order valence-electron chi connectivity index (χ3n) is 9.99. The van der Waals surface area contributed by atoms with E-state index in [0.29, 0.717) is 32.1 Å². The van der Waals surface area contributed by atoms with Gasteiger partial charge in [0.25, 0.3) is 0 Å². The van der Waals surface area contributed by atoms with Gasteiger partial charge in [-0.2, -0.15) is 0 Å². The van der Waals surface area contributed by atoms with Crippen LogP contribution in [-0.4, -0.2) is 50.5 Å². The molecule has 0 aromatic carbocycles. The van der Waals surface area contributed by atoms with Crippen molar-refractivity contribution in [2.24, 2.45) is 34.0 Å². The Morgan fingerprint density at radius 2 is 1.90 bits per heavy atom. The minimum atomic E-state index is -2.22. The Kier molecular flexibility index (Phi) is 5.57. The fourth-order valence-corrected chi connectivity index (χ4v) is 8.75. The fraction of sp³-hybridized carbons (Fsp3) is 0.840. The van der Waals surface area contributed by atoms with Gasteiger partial charge in [0.15, 0.2) is 17.4 Å². The van der Waals surface area contributed by atoms with E-state index in [1.165, 1.54) is 0 Å². The maximum atomic E-state index is 13.2. The summed E-state index contributed by atoms with van der Waals surface area (Å²) in [7, 11) is 0. The van der Waals surface area contributed by atoms with E-state index in [0.717, 1.165) is 24.8 Å². The Hall–Kier alpha value is -1.08. The Morgan fingerprint density at radius 3 is 2.55 bits per heavy atom. The summed E-state index contributed by atoms with van der Waals surface area (Å²) in [5, 5.41) is 43.8. The van der Waals surface area contributed by atoms with Crippen LogP contribution < -0.4 is 0 Å². The quantitative estimate of drug-likeness (QED) is 0.494. The summed E-state index contributed by atoms with van der Waals surface area (Å²) in [5.41, 5.74) is -1.38. The second-order valence-electron chi connectivity index (χ2n) is 11.2. The molecular weight excluding hydrogens is 396 g/mol. The van der Waals surface area contributed by atoms with Gasteiger partial charge >= 0.3 is 0 Å². The molecule has 3 fully saturated rings. The van der Waals surface area contributed by atoms with Crippen LogP contribution in [0.1, 0.15) is 78.6 Å². The highest BCUT2D eigenvalue weighted by Gasteiger charge is 2.73. The number of ketones is 2. The largest absolute Gasteiger partial charge is 0.393 e. The fourth-order valence-electron chi connectivity index (χ4n) is 8.75. The van der Waals surface area contributed by atoms with Crippen molar-refractivity contribution in [1.29, 1.82) is 0 Å². The number of Topliss-reactive ketones (excluding diaryl/α,β-unsaturated/α-hetero) is 1. The predicted molar refractivity (Wildman–Crippen MR) is 115 cm³/mol. The average Bonchev–Trinajstić information content (AvgIpc) is 3.01. The van der Waals surface area contributed by atoms with E-state index in [-0.39, 0.29) is 35.4 Å².